The van der Waals surface area contributed by atoms with Gasteiger partial charge in [0.1, 0.15) is 11.5 Å². The van der Waals surface area contributed by atoms with Crippen molar-refractivity contribution in [3.8, 4) is 11.5 Å². The van der Waals surface area contributed by atoms with E-state index in [4.69, 9.17) is 9.47 Å². The van der Waals surface area contributed by atoms with Gasteiger partial charge >= 0.3 is 6.18 Å². The van der Waals surface area contributed by atoms with Crippen LogP contribution in [0, 0.1) is 0 Å². The Balaban J connectivity index is 2.97. The molecule has 114 valence electrons. The lowest BCUT2D eigenvalue weighted by Gasteiger charge is -2.21. The highest BCUT2D eigenvalue weighted by atomic mass is 19.4. The van der Waals surface area contributed by atoms with Gasteiger partial charge in [-0.2, -0.15) is 13.2 Å². The Morgan fingerprint density at radius 2 is 1.90 bits per heavy atom. The second kappa shape index (κ2) is 7.38. The van der Waals surface area contributed by atoms with Gasteiger partial charge < -0.3 is 14.8 Å². The third-order valence-electron chi connectivity index (χ3n) is 2.77. The zero-order valence-corrected chi connectivity index (χ0v) is 11.9. The molecule has 1 aromatic rings. The quantitative estimate of drug-likeness (QED) is 0.831. The molecule has 20 heavy (non-hydrogen) atoms. The van der Waals surface area contributed by atoms with Gasteiger partial charge in [-0.25, -0.2) is 0 Å². The predicted molar refractivity (Wildman–Crippen MR) is 71.3 cm³/mol. The summed E-state index contributed by atoms with van der Waals surface area (Å²) in [5, 5.41) is 3.22. The third kappa shape index (κ3) is 4.92. The fourth-order valence-corrected chi connectivity index (χ4v) is 1.88. The first-order chi connectivity index (χ1) is 9.39. The smallest absolute Gasteiger partial charge is 0.422 e. The van der Waals surface area contributed by atoms with E-state index in [2.05, 4.69) is 5.32 Å². The van der Waals surface area contributed by atoms with Crippen LogP contribution < -0.4 is 14.8 Å². The Morgan fingerprint density at radius 1 is 1.25 bits per heavy atom. The molecule has 0 saturated carbocycles. The first kappa shape index (κ1) is 16.6. The number of rotatable bonds is 7. The number of alkyl halides is 3. The van der Waals surface area contributed by atoms with Crippen LogP contribution in [-0.4, -0.2) is 26.4 Å². The standard InChI is InChI=1S/C14H20F3NO2/c1-4-8-18-10(2)13-11(19-3)6-5-7-12(13)20-9-14(15,16)17/h5-7,10,18H,4,8-9H2,1-3H3. The molecule has 0 spiro atoms. The Hall–Kier alpha value is -1.43. The van der Waals surface area contributed by atoms with Crippen molar-refractivity contribution in [1.82, 2.24) is 5.32 Å². The second-order valence-electron chi connectivity index (χ2n) is 4.45. The van der Waals surface area contributed by atoms with E-state index in [1.54, 1.807) is 12.1 Å². The maximum absolute atomic E-state index is 12.3. The molecule has 0 aliphatic carbocycles. The van der Waals surface area contributed by atoms with Crippen LogP contribution in [0.1, 0.15) is 31.9 Å². The fraction of sp³-hybridized carbons (Fsp3) is 0.571. The van der Waals surface area contributed by atoms with Gasteiger partial charge in [0.15, 0.2) is 6.61 Å². The summed E-state index contributed by atoms with van der Waals surface area (Å²) in [5.74, 6) is 0.707. The Bertz CT molecular complexity index is 421. The van der Waals surface area contributed by atoms with Crippen molar-refractivity contribution in [2.45, 2.75) is 32.5 Å². The molecule has 0 aliphatic heterocycles. The topological polar surface area (TPSA) is 30.5 Å². The number of methoxy groups -OCH3 is 1. The molecular weight excluding hydrogens is 271 g/mol. The van der Waals surface area contributed by atoms with Gasteiger partial charge in [-0.1, -0.05) is 13.0 Å². The van der Waals surface area contributed by atoms with E-state index in [0.717, 1.165) is 13.0 Å². The molecule has 1 unspecified atom stereocenters. The van der Waals surface area contributed by atoms with Crippen molar-refractivity contribution in [3.63, 3.8) is 0 Å². The first-order valence-electron chi connectivity index (χ1n) is 6.49. The molecule has 0 heterocycles. The molecule has 1 atom stereocenters. The molecule has 0 saturated heterocycles. The van der Waals surface area contributed by atoms with Crippen molar-refractivity contribution >= 4 is 0 Å². The highest BCUT2D eigenvalue weighted by molar-refractivity contribution is 5.46. The molecule has 1 aromatic carbocycles. The number of benzene rings is 1. The normalized spacial score (nSPS) is 13.1. The van der Waals surface area contributed by atoms with Gasteiger partial charge in [0, 0.05) is 6.04 Å². The van der Waals surface area contributed by atoms with E-state index in [9.17, 15) is 13.2 Å². The summed E-state index contributed by atoms with van der Waals surface area (Å²) in [4.78, 5) is 0. The second-order valence-corrected chi connectivity index (χ2v) is 4.45. The summed E-state index contributed by atoms with van der Waals surface area (Å²) in [7, 11) is 1.49. The molecule has 0 radical (unpaired) electrons. The minimum Gasteiger partial charge on any atom is -0.496 e. The van der Waals surface area contributed by atoms with Crippen LogP contribution >= 0.6 is 0 Å². The van der Waals surface area contributed by atoms with Gasteiger partial charge in [-0.15, -0.1) is 0 Å². The monoisotopic (exact) mass is 291 g/mol. The molecule has 0 aliphatic rings. The van der Waals surface area contributed by atoms with Crippen LogP contribution in [0.15, 0.2) is 18.2 Å². The highest BCUT2D eigenvalue weighted by Gasteiger charge is 2.29. The zero-order chi connectivity index (χ0) is 15.2. The van der Waals surface area contributed by atoms with Crippen LogP contribution in [0.2, 0.25) is 0 Å². The Kier molecular flexibility index (Phi) is 6.13. The fourth-order valence-electron chi connectivity index (χ4n) is 1.88. The SMILES string of the molecule is CCCNC(C)c1c(OC)cccc1OCC(F)(F)F. The molecule has 0 bridgehead atoms. The largest absolute Gasteiger partial charge is 0.496 e. The van der Waals surface area contributed by atoms with Crippen molar-refractivity contribution in [2.24, 2.45) is 0 Å². The summed E-state index contributed by atoms with van der Waals surface area (Å²) in [6, 6.07) is 4.68. The lowest BCUT2D eigenvalue weighted by molar-refractivity contribution is -0.153. The van der Waals surface area contributed by atoms with Gasteiger partial charge in [-0.05, 0) is 32.0 Å². The van der Waals surface area contributed by atoms with Crippen LogP contribution in [-0.2, 0) is 0 Å². The molecule has 3 nitrogen and oxygen atoms in total. The van der Waals surface area contributed by atoms with E-state index in [1.165, 1.54) is 13.2 Å². The van der Waals surface area contributed by atoms with Crippen LogP contribution in [0.5, 0.6) is 11.5 Å². The predicted octanol–water partition coefficient (Wildman–Crippen LogP) is 3.70. The van der Waals surface area contributed by atoms with E-state index in [-0.39, 0.29) is 11.8 Å². The summed E-state index contributed by atoms with van der Waals surface area (Å²) in [5.41, 5.74) is 0.604. The Morgan fingerprint density at radius 3 is 2.45 bits per heavy atom. The molecule has 0 amide bonds. The number of hydrogen-bond acceptors (Lipinski definition) is 3. The van der Waals surface area contributed by atoms with Crippen molar-refractivity contribution in [1.29, 1.82) is 0 Å². The number of hydrogen-bond donors (Lipinski definition) is 1. The summed E-state index contributed by atoms with van der Waals surface area (Å²) >= 11 is 0. The lowest BCUT2D eigenvalue weighted by atomic mass is 10.1. The average Bonchev–Trinajstić information content (AvgIpc) is 2.41. The molecule has 0 fully saturated rings. The molecule has 1 rings (SSSR count). The first-order valence-corrected chi connectivity index (χ1v) is 6.49. The number of halogens is 3. The van der Waals surface area contributed by atoms with E-state index in [0.29, 0.717) is 11.3 Å². The van der Waals surface area contributed by atoms with Crippen molar-refractivity contribution in [2.75, 3.05) is 20.3 Å². The maximum atomic E-state index is 12.3. The van der Waals surface area contributed by atoms with Crippen LogP contribution in [0.4, 0.5) is 13.2 Å². The van der Waals surface area contributed by atoms with Crippen molar-refractivity contribution < 1.29 is 22.6 Å². The van der Waals surface area contributed by atoms with Gasteiger partial charge in [0.05, 0.1) is 12.7 Å². The van der Waals surface area contributed by atoms with E-state index in [1.807, 2.05) is 13.8 Å². The maximum Gasteiger partial charge on any atom is 0.422 e. The van der Waals surface area contributed by atoms with E-state index < -0.39 is 12.8 Å². The van der Waals surface area contributed by atoms with Gasteiger partial charge in [0.2, 0.25) is 0 Å². The van der Waals surface area contributed by atoms with Gasteiger partial charge in [0.25, 0.3) is 0 Å². The average molecular weight is 291 g/mol. The summed E-state index contributed by atoms with van der Waals surface area (Å²) < 4.78 is 47.0. The molecular formula is C14H20F3NO2. The van der Waals surface area contributed by atoms with Crippen LogP contribution in [0.25, 0.3) is 0 Å². The highest BCUT2D eigenvalue weighted by Crippen LogP contribution is 2.34. The summed E-state index contributed by atoms with van der Waals surface area (Å²) in [6.45, 7) is 3.34. The lowest BCUT2D eigenvalue weighted by Crippen LogP contribution is -2.23. The molecule has 6 heteroatoms. The third-order valence-corrected chi connectivity index (χ3v) is 2.77. The van der Waals surface area contributed by atoms with Crippen LogP contribution in [0.3, 0.4) is 0 Å². The van der Waals surface area contributed by atoms with Crippen molar-refractivity contribution in [3.05, 3.63) is 23.8 Å². The zero-order valence-electron chi connectivity index (χ0n) is 11.9. The number of nitrogens with one attached hydrogen (secondary N) is 1. The van der Waals surface area contributed by atoms with Gasteiger partial charge in [-0.3, -0.25) is 0 Å². The number of ether oxygens (including phenoxy) is 2. The summed E-state index contributed by atoms with van der Waals surface area (Å²) in [6.07, 6.45) is -3.43. The van der Waals surface area contributed by atoms with E-state index >= 15 is 0 Å². The molecule has 0 aromatic heterocycles. The minimum absolute atomic E-state index is 0.158. The molecule has 1 N–H and O–H groups in total. The Labute approximate surface area is 117 Å². The minimum atomic E-state index is -4.36.